The molecule has 1 unspecified atom stereocenters. The zero-order valence-corrected chi connectivity index (χ0v) is 11.7. The van der Waals surface area contributed by atoms with Gasteiger partial charge in [0.1, 0.15) is 13.2 Å². The Morgan fingerprint density at radius 2 is 2.15 bits per heavy atom. The highest BCUT2D eigenvalue weighted by Crippen LogP contribution is 2.35. The lowest BCUT2D eigenvalue weighted by atomic mass is 9.83. The number of benzene rings is 1. The van der Waals surface area contributed by atoms with Gasteiger partial charge in [0.05, 0.1) is 5.41 Å². The molecule has 1 fully saturated rings. The number of anilines is 1. The van der Waals surface area contributed by atoms with Crippen molar-refractivity contribution in [3.63, 3.8) is 0 Å². The molecule has 108 valence electrons. The summed E-state index contributed by atoms with van der Waals surface area (Å²) in [6.07, 6.45) is 1.73. The number of rotatable bonds is 3. The minimum Gasteiger partial charge on any atom is -0.486 e. The fraction of sp³-hybridized carbons (Fsp3) is 0.533. The Labute approximate surface area is 118 Å². The first-order chi connectivity index (χ1) is 9.73. The molecule has 0 spiro atoms. The first-order valence-corrected chi connectivity index (χ1v) is 7.15. The van der Waals surface area contributed by atoms with Gasteiger partial charge in [-0.1, -0.05) is 6.92 Å². The van der Waals surface area contributed by atoms with Crippen molar-refractivity contribution in [2.45, 2.75) is 19.8 Å². The van der Waals surface area contributed by atoms with Crippen molar-refractivity contribution in [3.8, 4) is 11.5 Å². The molecule has 0 aliphatic carbocycles. The molecule has 2 N–H and O–H groups in total. The molecule has 0 bridgehead atoms. The Kier molecular flexibility index (Phi) is 3.53. The van der Waals surface area contributed by atoms with Crippen LogP contribution in [0.4, 0.5) is 5.69 Å². The molecule has 5 nitrogen and oxygen atoms in total. The molecule has 20 heavy (non-hydrogen) atoms. The molecule has 1 aromatic rings. The van der Waals surface area contributed by atoms with E-state index in [0.717, 1.165) is 37.4 Å². The summed E-state index contributed by atoms with van der Waals surface area (Å²) in [6.45, 7) is 4.84. The van der Waals surface area contributed by atoms with Crippen LogP contribution in [0.3, 0.4) is 0 Å². The Balaban J connectivity index is 1.75. The highest BCUT2D eigenvalue weighted by Gasteiger charge is 2.39. The first-order valence-electron chi connectivity index (χ1n) is 7.15. The number of carbonyl (C=O) groups is 1. The minimum absolute atomic E-state index is 0.0849. The summed E-state index contributed by atoms with van der Waals surface area (Å²) in [6, 6.07) is 5.53. The molecule has 2 aliphatic rings. The maximum absolute atomic E-state index is 12.5. The molecule has 1 saturated heterocycles. The third-order valence-corrected chi connectivity index (χ3v) is 4.20. The third-order valence-electron chi connectivity index (χ3n) is 4.20. The average Bonchev–Trinajstić information content (AvgIpc) is 2.97. The predicted octanol–water partition coefficient (Wildman–Crippen LogP) is 1.79. The van der Waals surface area contributed by atoms with Crippen molar-refractivity contribution in [3.05, 3.63) is 18.2 Å². The van der Waals surface area contributed by atoms with E-state index in [0.29, 0.717) is 19.0 Å². The molecular formula is C15H20N2O3. The van der Waals surface area contributed by atoms with Gasteiger partial charge in [-0.15, -0.1) is 0 Å². The lowest BCUT2D eigenvalue weighted by Gasteiger charge is -2.25. The van der Waals surface area contributed by atoms with E-state index < -0.39 is 0 Å². The van der Waals surface area contributed by atoms with Crippen LogP contribution in [0, 0.1) is 5.41 Å². The molecular weight excluding hydrogens is 256 g/mol. The Bertz CT molecular complexity index is 510. The van der Waals surface area contributed by atoms with Crippen LogP contribution in [-0.4, -0.2) is 32.2 Å². The van der Waals surface area contributed by atoms with E-state index in [9.17, 15) is 4.79 Å². The van der Waals surface area contributed by atoms with Crippen LogP contribution in [-0.2, 0) is 4.79 Å². The lowest BCUT2D eigenvalue weighted by molar-refractivity contribution is -0.124. The van der Waals surface area contributed by atoms with Crippen LogP contribution < -0.4 is 20.1 Å². The standard InChI is InChI=1S/C15H20N2O3/c1-2-15(5-6-16-10-15)14(18)17-11-3-4-12-13(9-11)20-8-7-19-12/h3-4,9,16H,2,5-8,10H2,1H3,(H,17,18). The van der Waals surface area contributed by atoms with Crippen LogP contribution in [0.15, 0.2) is 18.2 Å². The van der Waals surface area contributed by atoms with Gasteiger partial charge in [-0.05, 0) is 31.5 Å². The monoisotopic (exact) mass is 276 g/mol. The summed E-state index contributed by atoms with van der Waals surface area (Å²) >= 11 is 0. The van der Waals surface area contributed by atoms with E-state index in [1.54, 1.807) is 0 Å². The summed E-state index contributed by atoms with van der Waals surface area (Å²) in [7, 11) is 0. The molecule has 2 aliphatic heterocycles. The molecule has 3 rings (SSSR count). The quantitative estimate of drug-likeness (QED) is 0.883. The fourth-order valence-electron chi connectivity index (χ4n) is 2.78. The fourth-order valence-corrected chi connectivity index (χ4v) is 2.78. The zero-order valence-electron chi connectivity index (χ0n) is 11.7. The molecule has 1 aromatic carbocycles. The van der Waals surface area contributed by atoms with E-state index >= 15 is 0 Å². The maximum Gasteiger partial charge on any atom is 0.231 e. The molecule has 1 amide bonds. The van der Waals surface area contributed by atoms with Gasteiger partial charge in [0, 0.05) is 18.3 Å². The highest BCUT2D eigenvalue weighted by molar-refractivity contribution is 5.96. The zero-order chi connectivity index (χ0) is 14.0. The lowest BCUT2D eigenvalue weighted by Crippen LogP contribution is -2.37. The van der Waals surface area contributed by atoms with E-state index in [2.05, 4.69) is 17.6 Å². The Morgan fingerprint density at radius 3 is 2.85 bits per heavy atom. The maximum atomic E-state index is 12.5. The summed E-state index contributed by atoms with van der Waals surface area (Å²) < 4.78 is 11.0. The molecule has 0 aromatic heterocycles. The van der Waals surface area contributed by atoms with Gasteiger partial charge < -0.3 is 20.1 Å². The average molecular weight is 276 g/mol. The number of fused-ring (bicyclic) bond motifs is 1. The van der Waals surface area contributed by atoms with Gasteiger partial charge >= 0.3 is 0 Å². The Hall–Kier alpha value is -1.75. The molecule has 0 saturated carbocycles. The van der Waals surface area contributed by atoms with E-state index in [-0.39, 0.29) is 11.3 Å². The van der Waals surface area contributed by atoms with Crippen LogP contribution in [0.1, 0.15) is 19.8 Å². The molecule has 1 atom stereocenters. The Morgan fingerprint density at radius 1 is 1.35 bits per heavy atom. The topological polar surface area (TPSA) is 59.6 Å². The van der Waals surface area contributed by atoms with Crippen molar-refractivity contribution in [2.75, 3.05) is 31.6 Å². The number of hydrogen-bond acceptors (Lipinski definition) is 4. The summed E-state index contributed by atoms with van der Waals surface area (Å²) in [5.74, 6) is 1.52. The SMILES string of the molecule is CCC1(C(=O)Nc2ccc3c(c2)OCCO3)CCNC1. The summed E-state index contributed by atoms with van der Waals surface area (Å²) in [5, 5.41) is 6.29. The van der Waals surface area contributed by atoms with Crippen LogP contribution in [0.5, 0.6) is 11.5 Å². The van der Waals surface area contributed by atoms with Gasteiger partial charge in [0.25, 0.3) is 0 Å². The van der Waals surface area contributed by atoms with Crippen LogP contribution in [0.25, 0.3) is 0 Å². The van der Waals surface area contributed by atoms with Gasteiger partial charge in [-0.3, -0.25) is 4.79 Å². The molecule has 2 heterocycles. The van der Waals surface area contributed by atoms with Crippen molar-refractivity contribution in [1.29, 1.82) is 0 Å². The predicted molar refractivity (Wildman–Crippen MR) is 76.3 cm³/mol. The number of hydrogen-bond donors (Lipinski definition) is 2. The second-order valence-electron chi connectivity index (χ2n) is 5.37. The van der Waals surface area contributed by atoms with Crippen molar-refractivity contribution in [2.24, 2.45) is 5.41 Å². The van der Waals surface area contributed by atoms with Crippen molar-refractivity contribution < 1.29 is 14.3 Å². The minimum atomic E-state index is -0.284. The van der Waals surface area contributed by atoms with E-state index in [1.165, 1.54) is 0 Å². The molecule has 5 heteroatoms. The normalized spacial score (nSPS) is 24.4. The van der Waals surface area contributed by atoms with E-state index in [4.69, 9.17) is 9.47 Å². The summed E-state index contributed by atoms with van der Waals surface area (Å²) in [4.78, 5) is 12.5. The van der Waals surface area contributed by atoms with Crippen molar-refractivity contribution >= 4 is 11.6 Å². The summed E-state index contributed by atoms with van der Waals surface area (Å²) in [5.41, 5.74) is 0.478. The van der Waals surface area contributed by atoms with Crippen molar-refractivity contribution in [1.82, 2.24) is 5.32 Å². The van der Waals surface area contributed by atoms with Gasteiger partial charge in [-0.2, -0.15) is 0 Å². The third kappa shape index (κ3) is 2.33. The van der Waals surface area contributed by atoms with Gasteiger partial charge in [-0.25, -0.2) is 0 Å². The number of ether oxygens (including phenoxy) is 2. The van der Waals surface area contributed by atoms with Gasteiger partial charge in [0.2, 0.25) is 5.91 Å². The second kappa shape index (κ2) is 5.32. The molecule has 0 radical (unpaired) electrons. The second-order valence-corrected chi connectivity index (χ2v) is 5.37. The number of nitrogens with one attached hydrogen (secondary N) is 2. The smallest absolute Gasteiger partial charge is 0.231 e. The van der Waals surface area contributed by atoms with Crippen LogP contribution in [0.2, 0.25) is 0 Å². The number of amides is 1. The highest BCUT2D eigenvalue weighted by atomic mass is 16.6. The van der Waals surface area contributed by atoms with Gasteiger partial charge in [0.15, 0.2) is 11.5 Å². The van der Waals surface area contributed by atoms with E-state index in [1.807, 2.05) is 18.2 Å². The number of carbonyl (C=O) groups excluding carboxylic acids is 1. The largest absolute Gasteiger partial charge is 0.486 e. The van der Waals surface area contributed by atoms with Crippen LogP contribution >= 0.6 is 0 Å². The first kappa shape index (κ1) is 13.2.